The molecule has 0 atom stereocenters. The Hall–Kier alpha value is -0.460. The van der Waals surface area contributed by atoms with Crippen molar-refractivity contribution in [3.05, 3.63) is 22.8 Å². The van der Waals surface area contributed by atoms with E-state index in [0.29, 0.717) is 6.61 Å². The fourth-order valence-corrected chi connectivity index (χ4v) is 2.34. The summed E-state index contributed by atoms with van der Waals surface area (Å²) in [5.41, 5.74) is 0. The van der Waals surface area contributed by atoms with Gasteiger partial charge in [-0.3, -0.25) is 0 Å². The third-order valence-corrected chi connectivity index (χ3v) is 3.92. The SMILES string of the molecule is CCCOCCS(=O)(=O)c1ccc(Br)cn1. The average Bonchev–Trinajstić information content (AvgIpc) is 2.25. The summed E-state index contributed by atoms with van der Waals surface area (Å²) >= 11 is 3.20. The predicted octanol–water partition coefficient (Wildman–Crippen LogP) is 2.04. The summed E-state index contributed by atoms with van der Waals surface area (Å²) in [6.45, 7) is 2.78. The standard InChI is InChI=1S/C10H14BrNO3S/c1-2-5-15-6-7-16(13,14)10-4-3-9(11)8-12-10/h3-4,8H,2,5-7H2,1H3. The molecule has 0 aliphatic rings. The van der Waals surface area contributed by atoms with Crippen molar-refractivity contribution in [2.24, 2.45) is 0 Å². The summed E-state index contributed by atoms with van der Waals surface area (Å²) in [5, 5.41) is 0.0933. The highest BCUT2D eigenvalue weighted by Gasteiger charge is 2.15. The third kappa shape index (κ3) is 4.19. The van der Waals surface area contributed by atoms with Crippen molar-refractivity contribution in [3.63, 3.8) is 0 Å². The van der Waals surface area contributed by atoms with Crippen molar-refractivity contribution in [1.82, 2.24) is 4.98 Å². The summed E-state index contributed by atoms with van der Waals surface area (Å²) in [6, 6.07) is 3.14. The number of hydrogen-bond donors (Lipinski definition) is 0. The maximum Gasteiger partial charge on any atom is 0.197 e. The van der Waals surface area contributed by atoms with Crippen molar-refractivity contribution in [2.45, 2.75) is 18.4 Å². The van der Waals surface area contributed by atoms with Gasteiger partial charge in [-0.15, -0.1) is 0 Å². The molecule has 0 unspecified atom stereocenters. The molecule has 0 aliphatic heterocycles. The van der Waals surface area contributed by atoms with E-state index in [1.54, 1.807) is 6.07 Å². The van der Waals surface area contributed by atoms with Crippen LogP contribution in [0.25, 0.3) is 0 Å². The molecule has 0 bridgehead atoms. The molecule has 4 nitrogen and oxygen atoms in total. The number of rotatable bonds is 6. The Kier molecular flexibility index (Phi) is 5.37. The molecule has 0 fully saturated rings. The van der Waals surface area contributed by atoms with Crippen LogP contribution in [-0.4, -0.2) is 32.4 Å². The minimum absolute atomic E-state index is 0.0262. The molecular weight excluding hydrogens is 294 g/mol. The van der Waals surface area contributed by atoms with Gasteiger partial charge in [-0.2, -0.15) is 0 Å². The highest BCUT2D eigenvalue weighted by Crippen LogP contribution is 2.12. The lowest BCUT2D eigenvalue weighted by Crippen LogP contribution is -2.14. The molecule has 90 valence electrons. The highest BCUT2D eigenvalue weighted by molar-refractivity contribution is 9.10. The van der Waals surface area contributed by atoms with Crippen LogP contribution in [0.5, 0.6) is 0 Å². The summed E-state index contributed by atoms with van der Waals surface area (Å²) in [5.74, 6) is -0.0262. The topological polar surface area (TPSA) is 56.3 Å². The van der Waals surface area contributed by atoms with E-state index in [2.05, 4.69) is 20.9 Å². The van der Waals surface area contributed by atoms with Crippen LogP contribution in [0.3, 0.4) is 0 Å². The number of hydrogen-bond acceptors (Lipinski definition) is 4. The summed E-state index contributed by atoms with van der Waals surface area (Å²) in [7, 11) is -3.31. The Morgan fingerprint density at radius 3 is 2.69 bits per heavy atom. The zero-order valence-electron chi connectivity index (χ0n) is 9.02. The van der Waals surface area contributed by atoms with E-state index >= 15 is 0 Å². The van der Waals surface area contributed by atoms with Crippen LogP contribution in [0, 0.1) is 0 Å². The normalized spacial score (nSPS) is 11.6. The minimum Gasteiger partial charge on any atom is -0.380 e. The van der Waals surface area contributed by atoms with Gasteiger partial charge < -0.3 is 4.74 Å². The lowest BCUT2D eigenvalue weighted by atomic mass is 10.5. The molecule has 0 radical (unpaired) electrons. The molecule has 1 heterocycles. The first kappa shape index (κ1) is 13.6. The van der Waals surface area contributed by atoms with E-state index in [9.17, 15) is 8.42 Å². The average molecular weight is 308 g/mol. The Morgan fingerprint density at radius 2 is 2.12 bits per heavy atom. The van der Waals surface area contributed by atoms with E-state index in [1.807, 2.05) is 6.92 Å². The third-order valence-electron chi connectivity index (χ3n) is 1.86. The maximum absolute atomic E-state index is 11.7. The monoisotopic (exact) mass is 307 g/mol. The molecule has 6 heteroatoms. The largest absolute Gasteiger partial charge is 0.380 e. The molecule has 1 aromatic rings. The van der Waals surface area contributed by atoms with Gasteiger partial charge in [-0.25, -0.2) is 13.4 Å². The molecule has 16 heavy (non-hydrogen) atoms. The Bertz CT molecular complexity index is 416. The van der Waals surface area contributed by atoms with Gasteiger partial charge in [0.2, 0.25) is 0 Å². The molecule has 0 saturated heterocycles. The number of ether oxygens (including phenoxy) is 1. The minimum atomic E-state index is -3.31. The zero-order chi connectivity index (χ0) is 12.0. The molecular formula is C10H14BrNO3S. The van der Waals surface area contributed by atoms with E-state index < -0.39 is 9.84 Å². The van der Waals surface area contributed by atoms with Crippen LogP contribution in [0.2, 0.25) is 0 Å². The summed E-state index contributed by atoms with van der Waals surface area (Å²) in [6.07, 6.45) is 2.36. The van der Waals surface area contributed by atoms with Crippen LogP contribution in [0.15, 0.2) is 27.8 Å². The van der Waals surface area contributed by atoms with E-state index in [4.69, 9.17) is 4.74 Å². The van der Waals surface area contributed by atoms with Crippen molar-refractivity contribution in [2.75, 3.05) is 19.0 Å². The van der Waals surface area contributed by atoms with Crippen molar-refractivity contribution < 1.29 is 13.2 Å². The first-order valence-electron chi connectivity index (χ1n) is 4.98. The molecule has 0 amide bonds. The highest BCUT2D eigenvalue weighted by atomic mass is 79.9. The fraction of sp³-hybridized carbons (Fsp3) is 0.500. The maximum atomic E-state index is 11.7. The van der Waals surface area contributed by atoms with Gasteiger partial charge in [0.15, 0.2) is 14.9 Å². The van der Waals surface area contributed by atoms with Gasteiger partial charge in [0, 0.05) is 17.3 Å². The Labute approximate surface area is 104 Å². The molecule has 1 rings (SSSR count). The predicted molar refractivity (Wildman–Crippen MR) is 65.1 cm³/mol. The second-order valence-corrected chi connectivity index (χ2v) is 6.22. The van der Waals surface area contributed by atoms with Crippen LogP contribution in [-0.2, 0) is 14.6 Å². The van der Waals surface area contributed by atoms with Gasteiger partial charge in [0.1, 0.15) is 0 Å². The van der Waals surface area contributed by atoms with Crippen LogP contribution < -0.4 is 0 Å². The second kappa shape index (κ2) is 6.32. The number of sulfone groups is 1. The van der Waals surface area contributed by atoms with Gasteiger partial charge in [-0.1, -0.05) is 6.92 Å². The van der Waals surface area contributed by atoms with Crippen molar-refractivity contribution >= 4 is 25.8 Å². The lowest BCUT2D eigenvalue weighted by molar-refractivity contribution is 0.149. The molecule has 0 spiro atoms. The summed E-state index contributed by atoms with van der Waals surface area (Å²) < 4.78 is 29.4. The first-order chi connectivity index (χ1) is 7.56. The summed E-state index contributed by atoms with van der Waals surface area (Å²) in [4.78, 5) is 3.86. The number of nitrogens with zero attached hydrogens (tertiary/aromatic N) is 1. The van der Waals surface area contributed by atoms with Gasteiger partial charge in [0.25, 0.3) is 0 Å². The second-order valence-electron chi connectivity index (χ2n) is 3.25. The van der Waals surface area contributed by atoms with Crippen molar-refractivity contribution in [3.8, 4) is 0 Å². The quantitative estimate of drug-likeness (QED) is 0.755. The first-order valence-corrected chi connectivity index (χ1v) is 7.43. The fourth-order valence-electron chi connectivity index (χ4n) is 1.07. The van der Waals surface area contributed by atoms with Crippen LogP contribution >= 0.6 is 15.9 Å². The van der Waals surface area contributed by atoms with Crippen LogP contribution in [0.4, 0.5) is 0 Å². The lowest BCUT2D eigenvalue weighted by Gasteiger charge is -2.04. The number of pyridine rings is 1. The Morgan fingerprint density at radius 1 is 1.38 bits per heavy atom. The van der Waals surface area contributed by atoms with E-state index in [-0.39, 0.29) is 17.4 Å². The van der Waals surface area contributed by atoms with Crippen molar-refractivity contribution in [1.29, 1.82) is 0 Å². The van der Waals surface area contributed by atoms with E-state index in [1.165, 1.54) is 12.3 Å². The van der Waals surface area contributed by atoms with Gasteiger partial charge >= 0.3 is 0 Å². The zero-order valence-corrected chi connectivity index (χ0v) is 11.4. The van der Waals surface area contributed by atoms with E-state index in [0.717, 1.165) is 10.9 Å². The molecule has 0 aliphatic carbocycles. The van der Waals surface area contributed by atoms with Gasteiger partial charge in [0.05, 0.1) is 12.4 Å². The smallest absolute Gasteiger partial charge is 0.197 e. The number of halogens is 1. The molecule has 1 aromatic heterocycles. The van der Waals surface area contributed by atoms with Crippen LogP contribution in [0.1, 0.15) is 13.3 Å². The molecule has 0 saturated carbocycles. The Balaban J connectivity index is 2.60. The molecule has 0 N–H and O–H groups in total. The number of aromatic nitrogens is 1. The van der Waals surface area contributed by atoms with Gasteiger partial charge in [-0.05, 0) is 34.5 Å². The molecule has 0 aromatic carbocycles.